The van der Waals surface area contributed by atoms with Crippen LogP contribution in [0.4, 0.5) is 0 Å². The van der Waals surface area contributed by atoms with E-state index in [1.54, 1.807) is 0 Å². The standard InChI is InChI=1S/C13H26N2O2/c14-8-4-7-13(16)17-10-12(15)9-11-5-2-1-3-6-11/h11-12H,1-10,14-15H2. The maximum Gasteiger partial charge on any atom is 0.305 e. The Morgan fingerprint density at radius 3 is 2.65 bits per heavy atom. The fourth-order valence-electron chi connectivity index (χ4n) is 2.44. The summed E-state index contributed by atoms with van der Waals surface area (Å²) in [6.45, 7) is 0.892. The highest BCUT2D eigenvalue weighted by atomic mass is 16.5. The molecule has 1 atom stereocenters. The molecule has 100 valence electrons. The highest BCUT2D eigenvalue weighted by Gasteiger charge is 2.17. The van der Waals surface area contributed by atoms with Gasteiger partial charge >= 0.3 is 5.97 Å². The van der Waals surface area contributed by atoms with Crippen LogP contribution in [0.3, 0.4) is 0 Å². The SMILES string of the molecule is NCCCC(=O)OCC(N)CC1CCCCC1. The Bertz CT molecular complexity index is 215. The second-order valence-electron chi connectivity index (χ2n) is 5.08. The van der Waals surface area contributed by atoms with E-state index in [2.05, 4.69) is 0 Å². The summed E-state index contributed by atoms with van der Waals surface area (Å²) < 4.78 is 5.13. The van der Waals surface area contributed by atoms with Gasteiger partial charge in [0.05, 0.1) is 0 Å². The molecule has 0 bridgehead atoms. The lowest BCUT2D eigenvalue weighted by atomic mass is 9.85. The number of carbonyl (C=O) groups excluding carboxylic acids is 1. The molecule has 0 radical (unpaired) electrons. The molecule has 0 aromatic carbocycles. The second kappa shape index (κ2) is 8.48. The molecule has 0 spiro atoms. The Hall–Kier alpha value is -0.610. The number of hydrogen-bond donors (Lipinski definition) is 2. The number of nitrogens with two attached hydrogens (primary N) is 2. The quantitative estimate of drug-likeness (QED) is 0.664. The van der Waals surface area contributed by atoms with Crippen molar-refractivity contribution in [3.8, 4) is 0 Å². The third-order valence-electron chi connectivity index (χ3n) is 3.40. The first-order valence-corrected chi connectivity index (χ1v) is 6.83. The molecular formula is C13H26N2O2. The average Bonchev–Trinajstić information content (AvgIpc) is 2.35. The maximum atomic E-state index is 11.3. The van der Waals surface area contributed by atoms with Crippen molar-refractivity contribution in [1.29, 1.82) is 0 Å². The maximum absolute atomic E-state index is 11.3. The van der Waals surface area contributed by atoms with Crippen molar-refractivity contribution in [2.45, 2.75) is 57.4 Å². The van der Waals surface area contributed by atoms with Crippen molar-refractivity contribution in [2.24, 2.45) is 17.4 Å². The molecule has 0 aliphatic heterocycles. The Kier molecular flexibility index (Phi) is 7.21. The zero-order valence-electron chi connectivity index (χ0n) is 10.7. The van der Waals surface area contributed by atoms with Crippen LogP contribution in [0.15, 0.2) is 0 Å². The zero-order chi connectivity index (χ0) is 12.5. The van der Waals surface area contributed by atoms with Crippen LogP contribution in [0.25, 0.3) is 0 Å². The van der Waals surface area contributed by atoms with Crippen LogP contribution in [0.1, 0.15) is 51.4 Å². The third kappa shape index (κ3) is 6.64. The summed E-state index contributed by atoms with van der Waals surface area (Å²) in [5.41, 5.74) is 11.3. The lowest BCUT2D eigenvalue weighted by molar-refractivity contribution is -0.144. The highest BCUT2D eigenvalue weighted by molar-refractivity contribution is 5.69. The van der Waals surface area contributed by atoms with E-state index in [0.717, 1.165) is 12.3 Å². The van der Waals surface area contributed by atoms with E-state index in [0.29, 0.717) is 26.0 Å². The van der Waals surface area contributed by atoms with E-state index in [4.69, 9.17) is 16.2 Å². The molecule has 0 aromatic rings. The van der Waals surface area contributed by atoms with Crippen LogP contribution in [-0.4, -0.2) is 25.2 Å². The van der Waals surface area contributed by atoms with Gasteiger partial charge in [0.15, 0.2) is 0 Å². The normalized spacial score (nSPS) is 18.9. The van der Waals surface area contributed by atoms with Crippen molar-refractivity contribution in [2.75, 3.05) is 13.2 Å². The van der Waals surface area contributed by atoms with Crippen molar-refractivity contribution in [3.63, 3.8) is 0 Å². The minimum absolute atomic E-state index is 0.0000680. The first-order valence-electron chi connectivity index (χ1n) is 6.83. The molecule has 1 unspecified atom stereocenters. The molecule has 1 fully saturated rings. The van der Waals surface area contributed by atoms with Crippen LogP contribution in [0.5, 0.6) is 0 Å². The molecule has 1 aliphatic carbocycles. The van der Waals surface area contributed by atoms with E-state index >= 15 is 0 Å². The van der Waals surface area contributed by atoms with E-state index in [1.165, 1.54) is 32.1 Å². The Balaban J connectivity index is 2.07. The number of hydrogen-bond acceptors (Lipinski definition) is 4. The molecule has 1 aliphatic rings. The lowest BCUT2D eigenvalue weighted by Gasteiger charge is -2.24. The predicted molar refractivity (Wildman–Crippen MR) is 68.4 cm³/mol. The molecule has 0 amide bonds. The highest BCUT2D eigenvalue weighted by Crippen LogP contribution is 2.26. The zero-order valence-corrected chi connectivity index (χ0v) is 10.7. The Morgan fingerprint density at radius 2 is 2.00 bits per heavy atom. The van der Waals surface area contributed by atoms with Crippen LogP contribution in [0, 0.1) is 5.92 Å². The molecule has 4 heteroatoms. The molecule has 4 nitrogen and oxygen atoms in total. The van der Waals surface area contributed by atoms with Gasteiger partial charge in [-0.1, -0.05) is 32.1 Å². The monoisotopic (exact) mass is 242 g/mol. The van der Waals surface area contributed by atoms with Gasteiger partial charge in [0.25, 0.3) is 0 Å². The molecule has 0 saturated heterocycles. The molecule has 4 N–H and O–H groups in total. The molecule has 0 heterocycles. The molecule has 1 rings (SSSR count). The van der Waals surface area contributed by atoms with E-state index < -0.39 is 0 Å². The summed E-state index contributed by atoms with van der Waals surface area (Å²) in [4.78, 5) is 11.3. The van der Waals surface area contributed by atoms with Gasteiger partial charge in [0, 0.05) is 12.5 Å². The largest absolute Gasteiger partial charge is 0.464 e. The second-order valence-corrected chi connectivity index (χ2v) is 5.08. The number of carbonyl (C=O) groups is 1. The van der Waals surface area contributed by atoms with Gasteiger partial charge in [0.1, 0.15) is 6.61 Å². The van der Waals surface area contributed by atoms with Crippen molar-refractivity contribution < 1.29 is 9.53 Å². The van der Waals surface area contributed by atoms with Crippen molar-refractivity contribution in [3.05, 3.63) is 0 Å². The van der Waals surface area contributed by atoms with Crippen molar-refractivity contribution >= 4 is 5.97 Å². The van der Waals surface area contributed by atoms with Gasteiger partial charge in [-0.25, -0.2) is 0 Å². The fraction of sp³-hybridized carbons (Fsp3) is 0.923. The van der Waals surface area contributed by atoms with Crippen molar-refractivity contribution in [1.82, 2.24) is 0 Å². The van der Waals surface area contributed by atoms with E-state index in [-0.39, 0.29) is 12.0 Å². The van der Waals surface area contributed by atoms with Crippen LogP contribution in [0.2, 0.25) is 0 Å². The first kappa shape index (κ1) is 14.5. The minimum Gasteiger partial charge on any atom is -0.464 e. The topological polar surface area (TPSA) is 78.3 Å². The van der Waals surface area contributed by atoms with Crippen LogP contribution >= 0.6 is 0 Å². The van der Waals surface area contributed by atoms with Gasteiger partial charge in [-0.15, -0.1) is 0 Å². The minimum atomic E-state index is -0.172. The third-order valence-corrected chi connectivity index (χ3v) is 3.40. The summed E-state index contributed by atoms with van der Waals surface area (Å²) in [5, 5.41) is 0. The molecule has 17 heavy (non-hydrogen) atoms. The Labute approximate surface area is 104 Å². The first-order chi connectivity index (χ1) is 8.22. The van der Waals surface area contributed by atoms with Gasteiger partial charge < -0.3 is 16.2 Å². The lowest BCUT2D eigenvalue weighted by Crippen LogP contribution is -2.30. The van der Waals surface area contributed by atoms with Crippen LogP contribution in [-0.2, 0) is 9.53 Å². The average molecular weight is 242 g/mol. The van der Waals surface area contributed by atoms with Crippen LogP contribution < -0.4 is 11.5 Å². The van der Waals surface area contributed by atoms with E-state index in [1.807, 2.05) is 0 Å². The fourth-order valence-corrected chi connectivity index (χ4v) is 2.44. The van der Waals surface area contributed by atoms with Gasteiger partial charge in [-0.3, -0.25) is 4.79 Å². The van der Waals surface area contributed by atoms with Gasteiger partial charge in [0.2, 0.25) is 0 Å². The van der Waals surface area contributed by atoms with Gasteiger partial charge in [-0.2, -0.15) is 0 Å². The molecule has 0 aromatic heterocycles. The summed E-state index contributed by atoms with van der Waals surface area (Å²) in [6, 6.07) is -0.0000680. The summed E-state index contributed by atoms with van der Waals surface area (Å²) in [5.74, 6) is 0.566. The smallest absolute Gasteiger partial charge is 0.305 e. The number of rotatable bonds is 7. The summed E-state index contributed by atoms with van der Waals surface area (Å²) >= 11 is 0. The number of esters is 1. The summed E-state index contributed by atoms with van der Waals surface area (Å²) in [7, 11) is 0. The summed E-state index contributed by atoms with van der Waals surface area (Å²) in [6.07, 6.45) is 8.68. The molecule has 1 saturated carbocycles. The number of ether oxygens (including phenoxy) is 1. The van der Waals surface area contributed by atoms with E-state index in [9.17, 15) is 4.79 Å². The van der Waals surface area contributed by atoms with Gasteiger partial charge in [-0.05, 0) is 25.3 Å². The predicted octanol–water partition coefficient (Wildman–Crippen LogP) is 1.57. The Morgan fingerprint density at radius 1 is 1.29 bits per heavy atom. The molecular weight excluding hydrogens is 216 g/mol.